The second-order valence-electron chi connectivity index (χ2n) is 3.37. The van der Waals surface area contributed by atoms with E-state index in [1.54, 1.807) is 0 Å². The summed E-state index contributed by atoms with van der Waals surface area (Å²) in [6.45, 7) is 1.22. The Kier molecular flexibility index (Phi) is 6.15. The first-order valence-corrected chi connectivity index (χ1v) is 6.62. The maximum Gasteiger partial charge on any atom is 0.174 e. The molecule has 1 atom stereocenters. The van der Waals surface area contributed by atoms with Gasteiger partial charge in [0.05, 0.1) is 14.8 Å². The van der Waals surface area contributed by atoms with Crippen LogP contribution in [0, 0.1) is 0 Å². The first-order valence-electron chi connectivity index (χ1n) is 5.01. The van der Waals surface area contributed by atoms with Gasteiger partial charge < -0.3 is 16.2 Å². The molecule has 0 spiro atoms. The molecular weight excluding hydrogens is 292 g/mol. The minimum Gasteiger partial charge on any atom is -0.390 e. The van der Waals surface area contributed by atoms with Crippen LogP contribution >= 0.6 is 27.3 Å². The van der Waals surface area contributed by atoms with Crippen molar-refractivity contribution in [2.75, 3.05) is 19.6 Å². The van der Waals surface area contributed by atoms with Crippen LogP contribution in [-0.4, -0.2) is 36.6 Å². The molecule has 1 aromatic rings. The van der Waals surface area contributed by atoms with Crippen LogP contribution in [0.1, 0.15) is 16.1 Å². The average molecular weight is 307 g/mol. The fourth-order valence-corrected chi connectivity index (χ4v) is 2.49. The topological polar surface area (TPSA) is 75.3 Å². The van der Waals surface area contributed by atoms with E-state index in [2.05, 4.69) is 21.2 Å². The van der Waals surface area contributed by atoms with Crippen LogP contribution in [0.3, 0.4) is 0 Å². The van der Waals surface area contributed by atoms with Gasteiger partial charge in [0, 0.05) is 26.1 Å². The van der Waals surface area contributed by atoms with Crippen molar-refractivity contribution >= 4 is 33.0 Å². The van der Waals surface area contributed by atoms with Gasteiger partial charge in [-0.15, -0.1) is 11.3 Å². The Hall–Kier alpha value is -0.270. The number of aliphatic hydroxyl groups excluding tert-OH is 1. The van der Waals surface area contributed by atoms with Crippen molar-refractivity contribution in [2.45, 2.75) is 12.5 Å². The third-order valence-corrected chi connectivity index (χ3v) is 3.69. The number of nitrogens with two attached hydrogens (primary N) is 1. The van der Waals surface area contributed by atoms with Crippen molar-refractivity contribution in [1.29, 1.82) is 0 Å². The lowest BCUT2D eigenvalue weighted by Crippen LogP contribution is -2.33. The number of carbonyl (C=O) groups is 1. The third kappa shape index (κ3) is 4.71. The first-order chi connectivity index (χ1) is 7.63. The van der Waals surface area contributed by atoms with E-state index in [0.717, 1.165) is 8.66 Å². The van der Waals surface area contributed by atoms with E-state index in [1.807, 2.05) is 12.1 Å². The molecule has 1 unspecified atom stereocenters. The molecule has 4 N–H and O–H groups in total. The van der Waals surface area contributed by atoms with Gasteiger partial charge in [0.1, 0.15) is 0 Å². The number of ketones is 1. The maximum atomic E-state index is 11.6. The number of nitrogens with one attached hydrogen (secondary N) is 1. The molecule has 0 aliphatic carbocycles. The summed E-state index contributed by atoms with van der Waals surface area (Å²) in [6, 6.07) is 3.68. The zero-order valence-corrected chi connectivity index (χ0v) is 11.2. The molecule has 0 amide bonds. The zero-order chi connectivity index (χ0) is 12.0. The number of Topliss-reactive ketones (excluding diaryl/α,β-unsaturated/α-hetero) is 1. The molecule has 1 heterocycles. The molecule has 0 fully saturated rings. The highest BCUT2D eigenvalue weighted by Crippen LogP contribution is 2.22. The summed E-state index contributed by atoms with van der Waals surface area (Å²) in [6.07, 6.45) is -0.101. The van der Waals surface area contributed by atoms with Crippen LogP contribution in [0.4, 0.5) is 0 Å². The van der Waals surface area contributed by atoms with Crippen LogP contribution in [0.2, 0.25) is 0 Å². The minimum atomic E-state index is -0.536. The van der Waals surface area contributed by atoms with Gasteiger partial charge in [0.15, 0.2) is 5.78 Å². The Morgan fingerprint density at radius 2 is 2.38 bits per heavy atom. The summed E-state index contributed by atoms with van der Waals surface area (Å²) in [5.41, 5.74) is 5.25. The summed E-state index contributed by atoms with van der Waals surface area (Å²) in [4.78, 5) is 12.4. The molecule has 1 aromatic heterocycles. The molecule has 90 valence electrons. The molecule has 0 saturated carbocycles. The SMILES string of the molecule is NCC(O)CNCCC(=O)c1ccc(Br)s1. The monoisotopic (exact) mass is 306 g/mol. The van der Waals surface area contributed by atoms with Crippen molar-refractivity contribution in [1.82, 2.24) is 5.32 Å². The number of carbonyl (C=O) groups excluding carboxylic acids is 1. The molecule has 0 radical (unpaired) electrons. The molecule has 0 aromatic carbocycles. The minimum absolute atomic E-state index is 0.116. The van der Waals surface area contributed by atoms with Gasteiger partial charge in [-0.25, -0.2) is 0 Å². The van der Waals surface area contributed by atoms with Gasteiger partial charge in [-0.1, -0.05) is 0 Å². The molecule has 4 nitrogen and oxygen atoms in total. The van der Waals surface area contributed by atoms with Crippen molar-refractivity contribution in [3.05, 3.63) is 20.8 Å². The Morgan fingerprint density at radius 1 is 1.62 bits per heavy atom. The van der Waals surface area contributed by atoms with Gasteiger partial charge in [-0.2, -0.15) is 0 Å². The number of hydrogen-bond acceptors (Lipinski definition) is 5. The van der Waals surface area contributed by atoms with Gasteiger partial charge in [0.2, 0.25) is 0 Å². The molecule has 6 heteroatoms. The van der Waals surface area contributed by atoms with Gasteiger partial charge in [-0.3, -0.25) is 4.79 Å². The van der Waals surface area contributed by atoms with E-state index in [-0.39, 0.29) is 12.3 Å². The van der Waals surface area contributed by atoms with Crippen LogP contribution < -0.4 is 11.1 Å². The molecule has 0 saturated heterocycles. The molecule has 16 heavy (non-hydrogen) atoms. The highest BCUT2D eigenvalue weighted by Gasteiger charge is 2.08. The molecular formula is C10H15BrN2O2S. The third-order valence-electron chi connectivity index (χ3n) is 2.03. The van der Waals surface area contributed by atoms with E-state index >= 15 is 0 Å². The quantitative estimate of drug-likeness (QED) is 0.519. The molecule has 0 aliphatic rings. The fraction of sp³-hybridized carbons (Fsp3) is 0.500. The van der Waals surface area contributed by atoms with E-state index in [1.165, 1.54) is 11.3 Å². The van der Waals surface area contributed by atoms with Crippen LogP contribution in [0.25, 0.3) is 0 Å². The predicted octanol–water partition coefficient (Wildman–Crippen LogP) is 0.993. The molecule has 0 bridgehead atoms. The summed E-state index contributed by atoms with van der Waals surface area (Å²) in [7, 11) is 0. The largest absolute Gasteiger partial charge is 0.390 e. The Bertz CT molecular complexity index is 343. The van der Waals surface area contributed by atoms with E-state index in [0.29, 0.717) is 19.5 Å². The van der Waals surface area contributed by atoms with Crippen molar-refractivity contribution in [3.8, 4) is 0 Å². The first kappa shape index (κ1) is 13.8. The van der Waals surface area contributed by atoms with Crippen LogP contribution in [-0.2, 0) is 0 Å². The highest BCUT2D eigenvalue weighted by molar-refractivity contribution is 9.11. The van der Waals surface area contributed by atoms with Crippen molar-refractivity contribution < 1.29 is 9.90 Å². The number of thiophene rings is 1. The van der Waals surface area contributed by atoms with Crippen LogP contribution in [0.5, 0.6) is 0 Å². The smallest absolute Gasteiger partial charge is 0.174 e. The number of rotatable bonds is 7. The Balaban J connectivity index is 2.21. The normalized spacial score (nSPS) is 12.7. The van der Waals surface area contributed by atoms with Crippen molar-refractivity contribution in [3.63, 3.8) is 0 Å². The lowest BCUT2D eigenvalue weighted by Gasteiger charge is -2.08. The second-order valence-corrected chi connectivity index (χ2v) is 5.83. The lowest BCUT2D eigenvalue weighted by atomic mass is 10.2. The highest BCUT2D eigenvalue weighted by atomic mass is 79.9. The average Bonchev–Trinajstić information content (AvgIpc) is 2.70. The van der Waals surface area contributed by atoms with E-state index in [9.17, 15) is 4.79 Å². The summed E-state index contributed by atoms with van der Waals surface area (Å²) < 4.78 is 0.961. The van der Waals surface area contributed by atoms with Gasteiger partial charge in [-0.05, 0) is 28.1 Å². The van der Waals surface area contributed by atoms with Gasteiger partial charge in [0.25, 0.3) is 0 Å². The van der Waals surface area contributed by atoms with Gasteiger partial charge >= 0.3 is 0 Å². The number of halogens is 1. The Morgan fingerprint density at radius 3 is 2.94 bits per heavy atom. The zero-order valence-electron chi connectivity index (χ0n) is 8.78. The van der Waals surface area contributed by atoms with E-state index < -0.39 is 6.10 Å². The second kappa shape index (κ2) is 7.13. The lowest BCUT2D eigenvalue weighted by molar-refractivity contribution is 0.0983. The summed E-state index contributed by atoms with van der Waals surface area (Å²) >= 11 is 4.75. The van der Waals surface area contributed by atoms with E-state index in [4.69, 9.17) is 10.8 Å². The Labute approximate surface area is 107 Å². The number of aliphatic hydroxyl groups is 1. The standard InChI is InChI=1S/C10H15BrN2O2S/c11-10-2-1-9(16-10)8(15)3-4-13-6-7(14)5-12/h1-2,7,13-14H,3-6,12H2. The van der Waals surface area contributed by atoms with Crippen LogP contribution in [0.15, 0.2) is 15.9 Å². The number of hydrogen-bond donors (Lipinski definition) is 3. The predicted molar refractivity (Wildman–Crippen MR) is 68.9 cm³/mol. The molecule has 0 aliphatic heterocycles. The van der Waals surface area contributed by atoms with Crippen molar-refractivity contribution in [2.24, 2.45) is 5.73 Å². The maximum absolute atomic E-state index is 11.6. The summed E-state index contributed by atoms with van der Waals surface area (Å²) in [5.74, 6) is 0.116. The fourth-order valence-electron chi connectivity index (χ4n) is 1.14. The molecule has 1 rings (SSSR count). The summed E-state index contributed by atoms with van der Waals surface area (Å²) in [5, 5.41) is 12.2.